The van der Waals surface area contributed by atoms with Crippen LogP contribution in [0.5, 0.6) is 0 Å². The Kier molecular flexibility index (Phi) is 12.6. The molecule has 0 atom stereocenters. The molecule has 1 radical (unpaired) electrons. The van der Waals surface area contributed by atoms with Gasteiger partial charge in [-0.3, -0.25) is 9.78 Å². The number of hydrogen-bond donors (Lipinski definition) is 1. The smallest absolute Gasteiger partial charge is 0.162 e. The molecule has 1 N–H and O–H groups in total. The minimum absolute atomic E-state index is 0. The first-order chi connectivity index (χ1) is 24.1. The summed E-state index contributed by atoms with van der Waals surface area (Å²) in [6, 6.07) is 30.3. The second-order valence-corrected chi connectivity index (χ2v) is 16.7. The number of rotatable bonds is 9. The Bertz CT molecular complexity index is 2330. The zero-order valence-electron chi connectivity index (χ0n) is 30.7. The van der Waals surface area contributed by atoms with Crippen LogP contribution >= 0.6 is 22.7 Å². The molecule has 3 nitrogen and oxygen atoms in total. The Hall–Kier alpha value is -3.41. The van der Waals surface area contributed by atoms with Gasteiger partial charge in [0.15, 0.2) is 5.78 Å². The Morgan fingerprint density at radius 2 is 1.43 bits per heavy atom. The summed E-state index contributed by atoms with van der Waals surface area (Å²) in [5.74, 6) is 0.547. The van der Waals surface area contributed by atoms with Crippen LogP contribution in [0, 0.1) is 23.3 Å². The summed E-state index contributed by atoms with van der Waals surface area (Å²) in [5.41, 5.74) is 3.83. The molecule has 0 aliphatic rings. The third-order valence-corrected chi connectivity index (χ3v) is 12.1. The maximum absolute atomic E-state index is 11.7. The van der Waals surface area contributed by atoms with Gasteiger partial charge in [0.2, 0.25) is 0 Å². The van der Waals surface area contributed by atoms with E-state index in [2.05, 4.69) is 99.6 Å². The molecule has 0 bridgehead atoms. The van der Waals surface area contributed by atoms with Crippen molar-refractivity contribution in [2.45, 2.75) is 80.6 Å². The van der Waals surface area contributed by atoms with Crippen molar-refractivity contribution in [2.24, 2.45) is 17.3 Å². The number of carbonyl (C=O) groups is 1. The monoisotopic (exact) mass is 891 g/mol. The molecule has 4 aromatic carbocycles. The summed E-state index contributed by atoms with van der Waals surface area (Å²) >= 11 is 3.72. The molecule has 51 heavy (non-hydrogen) atoms. The first kappa shape index (κ1) is 38.8. The number of allylic oxidation sites excluding steroid dienone is 2. The van der Waals surface area contributed by atoms with Gasteiger partial charge in [0, 0.05) is 64.0 Å². The zero-order chi connectivity index (χ0) is 35.6. The van der Waals surface area contributed by atoms with Gasteiger partial charge in [-0.1, -0.05) is 113 Å². The molecule has 267 valence electrons. The number of thiophene rings is 2. The van der Waals surface area contributed by atoms with Gasteiger partial charge in [0.1, 0.15) is 0 Å². The molecule has 3 aromatic heterocycles. The molecule has 0 spiro atoms. The van der Waals surface area contributed by atoms with Crippen LogP contribution in [0.3, 0.4) is 0 Å². The van der Waals surface area contributed by atoms with Crippen LogP contribution in [0.15, 0.2) is 90.8 Å². The van der Waals surface area contributed by atoms with Gasteiger partial charge in [-0.25, -0.2) is 0 Å². The van der Waals surface area contributed by atoms with Crippen molar-refractivity contribution in [3.63, 3.8) is 0 Å². The maximum atomic E-state index is 11.7. The van der Waals surface area contributed by atoms with Gasteiger partial charge in [-0.15, -0.1) is 28.9 Å². The molecule has 0 saturated heterocycles. The van der Waals surface area contributed by atoms with Crippen molar-refractivity contribution in [1.29, 1.82) is 0 Å². The van der Waals surface area contributed by atoms with Gasteiger partial charge in [-0.05, 0) is 82.1 Å². The van der Waals surface area contributed by atoms with Gasteiger partial charge in [-0.2, -0.15) is 11.3 Å². The Morgan fingerprint density at radius 3 is 2.12 bits per heavy atom. The summed E-state index contributed by atoms with van der Waals surface area (Å²) in [4.78, 5) is 16.7. The van der Waals surface area contributed by atoms with Crippen LogP contribution in [-0.4, -0.2) is 15.9 Å². The van der Waals surface area contributed by atoms with Crippen molar-refractivity contribution in [1.82, 2.24) is 4.98 Å². The van der Waals surface area contributed by atoms with E-state index in [1.807, 2.05) is 56.6 Å². The van der Waals surface area contributed by atoms with E-state index in [1.54, 1.807) is 0 Å². The molecule has 7 rings (SSSR count). The molecule has 3 heterocycles. The van der Waals surface area contributed by atoms with Crippen molar-refractivity contribution in [3.05, 3.63) is 102 Å². The summed E-state index contributed by atoms with van der Waals surface area (Å²) in [5, 5.41) is 17.4. The molecule has 0 amide bonds. The fraction of sp³-hybridized carbons (Fsp3) is 0.333. The molecule has 0 aliphatic heterocycles. The number of aliphatic hydroxyl groups is 1. The number of hydrogen-bond acceptors (Lipinski definition) is 5. The van der Waals surface area contributed by atoms with E-state index in [0.717, 1.165) is 48.7 Å². The number of ketones is 1. The second-order valence-electron chi connectivity index (χ2n) is 14.6. The Balaban J connectivity index is 0.000000271. The first-order valence-corrected chi connectivity index (χ1v) is 19.7. The molecule has 0 fully saturated rings. The fourth-order valence-electron chi connectivity index (χ4n) is 7.08. The average Bonchev–Trinajstić information content (AvgIpc) is 3.67. The SMILES string of the molecule is CC(C)(C)Cc1ccc2c(c1)sc1c(-c3[c-]c4ccccc4c4c3sc3ccccc34)nccc12.CCC(CC)C(=O)/C=C(\O)C(CC)CC.[Ir]. The van der Waals surface area contributed by atoms with Crippen molar-refractivity contribution in [3.8, 4) is 11.3 Å². The van der Waals surface area contributed by atoms with Crippen LogP contribution in [-0.2, 0) is 31.3 Å². The third-order valence-electron chi connectivity index (χ3n) is 9.78. The first-order valence-electron chi connectivity index (χ1n) is 18.1. The normalized spacial score (nSPS) is 12.3. The van der Waals surface area contributed by atoms with E-state index >= 15 is 0 Å². The van der Waals surface area contributed by atoms with Gasteiger partial charge in [0.05, 0.1) is 5.76 Å². The van der Waals surface area contributed by atoms with Gasteiger partial charge < -0.3 is 5.11 Å². The Morgan fingerprint density at radius 1 is 0.784 bits per heavy atom. The summed E-state index contributed by atoms with van der Waals surface area (Å²) in [6.07, 6.45) is 7.95. The van der Waals surface area contributed by atoms with Crippen molar-refractivity contribution < 1.29 is 30.0 Å². The minimum atomic E-state index is 0. The second kappa shape index (κ2) is 16.5. The van der Waals surface area contributed by atoms with Crippen molar-refractivity contribution >= 4 is 79.6 Å². The van der Waals surface area contributed by atoms with Crippen LogP contribution in [0.1, 0.15) is 79.7 Å². The quantitative estimate of drug-likeness (QED) is 0.0892. The predicted octanol–water partition coefficient (Wildman–Crippen LogP) is 13.9. The predicted molar refractivity (Wildman–Crippen MR) is 219 cm³/mol. The standard InChI is InChI=1S/C32H24NS2.C13H24O2.Ir/c1-32(2,3)18-19-12-13-22-23-14-15-33-29(31(23)35-27(22)16-19)25-17-20-8-4-5-9-21(20)28-24-10-6-7-11-26(24)34-30(25)28;1-5-10(6-2)12(14)9-13(15)11(7-3)8-4;/h4-16H,18H2,1-3H3;9-11,14H,5-8H2,1-4H3;/q-1;;/b;12-9-;. The number of pyridine rings is 1. The number of carbonyl (C=O) groups excluding carboxylic acids is 1. The van der Waals surface area contributed by atoms with Crippen LogP contribution in [0.4, 0.5) is 0 Å². The van der Waals surface area contributed by atoms with E-state index in [1.165, 1.54) is 57.4 Å². The topological polar surface area (TPSA) is 50.2 Å². The van der Waals surface area contributed by atoms with E-state index in [0.29, 0.717) is 0 Å². The molecule has 0 saturated carbocycles. The zero-order valence-corrected chi connectivity index (χ0v) is 34.8. The summed E-state index contributed by atoms with van der Waals surface area (Å²) in [6.45, 7) is 15.0. The van der Waals surface area contributed by atoms with Crippen LogP contribution in [0.25, 0.3) is 62.4 Å². The average molecular weight is 891 g/mol. The number of fused-ring (bicyclic) bond motifs is 8. The summed E-state index contributed by atoms with van der Waals surface area (Å²) < 4.78 is 5.17. The van der Waals surface area contributed by atoms with Crippen LogP contribution in [0.2, 0.25) is 0 Å². The maximum Gasteiger partial charge on any atom is 0.162 e. The molecule has 0 aliphatic carbocycles. The van der Waals surface area contributed by atoms with Gasteiger partial charge in [0.25, 0.3) is 0 Å². The van der Waals surface area contributed by atoms with E-state index in [4.69, 9.17) is 4.98 Å². The molecular weight excluding hydrogens is 843 g/mol. The van der Waals surface area contributed by atoms with E-state index < -0.39 is 0 Å². The van der Waals surface area contributed by atoms with Crippen molar-refractivity contribution in [2.75, 3.05) is 0 Å². The number of nitrogens with zero attached hydrogens (tertiary/aromatic N) is 1. The number of aliphatic hydroxyl groups excluding tert-OH is 1. The number of aromatic nitrogens is 1. The molecule has 0 unspecified atom stereocenters. The molecular formula is C45H48IrNO2S2-. The fourth-order valence-corrected chi connectivity index (χ4v) is 9.56. The minimum Gasteiger partial charge on any atom is -0.512 e. The third kappa shape index (κ3) is 8.15. The number of benzene rings is 4. The van der Waals surface area contributed by atoms with E-state index in [-0.39, 0.29) is 48.9 Å². The molecule has 6 heteroatoms. The van der Waals surface area contributed by atoms with E-state index in [9.17, 15) is 9.90 Å². The van der Waals surface area contributed by atoms with Gasteiger partial charge >= 0.3 is 0 Å². The van der Waals surface area contributed by atoms with Crippen LogP contribution < -0.4 is 0 Å². The summed E-state index contributed by atoms with van der Waals surface area (Å²) in [7, 11) is 0. The Labute approximate surface area is 324 Å². The molecule has 7 aromatic rings. The largest absolute Gasteiger partial charge is 0.512 e.